The molecule has 6 heteroatoms. The Labute approximate surface area is 114 Å². The lowest BCUT2D eigenvalue weighted by molar-refractivity contribution is 0.501. The summed E-state index contributed by atoms with van der Waals surface area (Å²) in [5, 5.41) is 8.45. The molecular weight excluding hydrogens is 262 g/mol. The minimum absolute atomic E-state index is 0.0762. The number of nitrogens with one attached hydrogen (secondary N) is 1. The van der Waals surface area contributed by atoms with Crippen LogP contribution in [0.15, 0.2) is 23.2 Å². The molecule has 1 aliphatic carbocycles. The van der Waals surface area contributed by atoms with Gasteiger partial charge in [0.1, 0.15) is 10.7 Å². The maximum absolute atomic E-state index is 11.5. The highest BCUT2D eigenvalue weighted by molar-refractivity contribution is 7.89. The fourth-order valence-electron chi connectivity index (χ4n) is 2.55. The van der Waals surface area contributed by atoms with Crippen molar-refractivity contribution in [3.63, 3.8) is 0 Å². The number of anilines is 1. The number of nitrogens with two attached hydrogens (primary N) is 1. The number of rotatable bonds is 3. The normalized spacial score (nSPS) is 24.7. The van der Waals surface area contributed by atoms with Crippen LogP contribution in [-0.2, 0) is 10.0 Å². The first kappa shape index (κ1) is 14.3. The van der Waals surface area contributed by atoms with Crippen LogP contribution in [0.3, 0.4) is 0 Å². The first-order valence-corrected chi connectivity index (χ1v) is 8.26. The van der Waals surface area contributed by atoms with E-state index in [1.807, 2.05) is 0 Å². The van der Waals surface area contributed by atoms with Crippen LogP contribution in [-0.4, -0.2) is 19.4 Å². The van der Waals surface area contributed by atoms with Crippen molar-refractivity contribution in [1.29, 1.82) is 0 Å². The van der Waals surface area contributed by atoms with Gasteiger partial charge in [-0.1, -0.05) is 19.8 Å². The molecule has 0 radical (unpaired) electrons. The number of primary sulfonamides is 1. The number of aromatic nitrogens is 1. The molecule has 0 amide bonds. The van der Waals surface area contributed by atoms with E-state index < -0.39 is 10.0 Å². The van der Waals surface area contributed by atoms with E-state index in [-0.39, 0.29) is 10.9 Å². The van der Waals surface area contributed by atoms with Crippen molar-refractivity contribution in [1.82, 2.24) is 4.98 Å². The summed E-state index contributed by atoms with van der Waals surface area (Å²) in [6, 6.07) is 3.35. The lowest BCUT2D eigenvalue weighted by atomic mass is 10.0. The molecule has 106 valence electrons. The van der Waals surface area contributed by atoms with Crippen molar-refractivity contribution >= 4 is 15.8 Å². The number of pyridine rings is 1. The number of hydrogen-bond acceptors (Lipinski definition) is 4. The van der Waals surface area contributed by atoms with Crippen molar-refractivity contribution in [3.05, 3.63) is 18.3 Å². The Balaban J connectivity index is 2.15. The summed E-state index contributed by atoms with van der Waals surface area (Å²) in [5.41, 5.74) is 0. The predicted molar refractivity (Wildman–Crippen MR) is 75.3 cm³/mol. The van der Waals surface area contributed by atoms with Crippen LogP contribution in [0.1, 0.15) is 39.0 Å². The van der Waals surface area contributed by atoms with Gasteiger partial charge in [-0.2, -0.15) is 0 Å². The van der Waals surface area contributed by atoms with E-state index in [4.69, 9.17) is 5.14 Å². The van der Waals surface area contributed by atoms with Crippen LogP contribution in [0.2, 0.25) is 0 Å². The van der Waals surface area contributed by atoms with Gasteiger partial charge in [-0.15, -0.1) is 0 Å². The molecule has 1 fully saturated rings. The van der Waals surface area contributed by atoms with E-state index in [0.29, 0.717) is 5.82 Å². The molecule has 1 saturated carbocycles. The Hall–Kier alpha value is -1.14. The molecule has 1 heterocycles. The van der Waals surface area contributed by atoms with E-state index in [0.717, 1.165) is 31.6 Å². The topological polar surface area (TPSA) is 85.1 Å². The molecule has 19 heavy (non-hydrogen) atoms. The van der Waals surface area contributed by atoms with Gasteiger partial charge in [0, 0.05) is 12.2 Å². The molecule has 1 aromatic heterocycles. The maximum atomic E-state index is 11.5. The maximum Gasteiger partial charge on any atom is 0.241 e. The third kappa shape index (κ3) is 3.91. The lowest BCUT2D eigenvalue weighted by Crippen LogP contribution is -2.22. The molecule has 2 atom stereocenters. The molecule has 3 N–H and O–H groups in total. The molecule has 1 aliphatic rings. The summed E-state index contributed by atoms with van der Waals surface area (Å²) in [7, 11) is -3.73. The molecule has 2 rings (SSSR count). The fourth-order valence-corrected chi connectivity index (χ4v) is 3.20. The zero-order valence-corrected chi connectivity index (χ0v) is 12.0. The zero-order chi connectivity index (χ0) is 13.9. The number of sulfonamides is 1. The third-order valence-electron chi connectivity index (χ3n) is 3.68. The minimum Gasteiger partial charge on any atom is -0.366 e. The monoisotopic (exact) mass is 283 g/mol. The molecular formula is C13H21N3O2S. The van der Waals surface area contributed by atoms with Gasteiger partial charge in [0.05, 0.1) is 0 Å². The van der Waals surface area contributed by atoms with Gasteiger partial charge in [-0.3, -0.25) is 0 Å². The lowest BCUT2D eigenvalue weighted by Gasteiger charge is -2.18. The van der Waals surface area contributed by atoms with Gasteiger partial charge in [-0.05, 0) is 37.3 Å². The summed E-state index contributed by atoms with van der Waals surface area (Å²) in [4.78, 5) is 4.19. The van der Waals surface area contributed by atoms with Gasteiger partial charge in [0.15, 0.2) is 0 Å². The van der Waals surface area contributed by atoms with E-state index in [1.54, 1.807) is 12.3 Å². The Morgan fingerprint density at radius 2 is 2.11 bits per heavy atom. The van der Waals surface area contributed by atoms with Crippen molar-refractivity contribution in [2.24, 2.45) is 11.1 Å². The average molecular weight is 283 g/mol. The first-order valence-electron chi connectivity index (χ1n) is 6.71. The standard InChI is InChI=1S/C13H21N3O2S/c1-10-4-2-5-11(8-7-10)16-13-12(19(14,17)18)6-3-9-15-13/h3,6,9-11H,2,4-5,7-8H2,1H3,(H,15,16)(H2,14,17,18). The number of nitrogens with zero attached hydrogens (tertiary/aromatic N) is 1. The van der Waals surface area contributed by atoms with Crippen molar-refractivity contribution in [2.75, 3.05) is 5.32 Å². The Morgan fingerprint density at radius 3 is 2.84 bits per heavy atom. The second-order valence-corrected chi connectivity index (χ2v) is 6.88. The fraction of sp³-hybridized carbons (Fsp3) is 0.615. The molecule has 0 bridgehead atoms. The highest BCUT2D eigenvalue weighted by Crippen LogP contribution is 2.26. The molecule has 0 spiro atoms. The van der Waals surface area contributed by atoms with Crippen molar-refractivity contribution in [3.8, 4) is 0 Å². The van der Waals surface area contributed by atoms with Crippen LogP contribution in [0.5, 0.6) is 0 Å². The van der Waals surface area contributed by atoms with Crippen LogP contribution in [0.4, 0.5) is 5.82 Å². The van der Waals surface area contributed by atoms with E-state index in [2.05, 4.69) is 17.2 Å². The van der Waals surface area contributed by atoms with Crippen LogP contribution < -0.4 is 10.5 Å². The molecule has 0 saturated heterocycles. The first-order chi connectivity index (χ1) is 8.97. The van der Waals surface area contributed by atoms with Crippen LogP contribution >= 0.6 is 0 Å². The molecule has 0 aromatic carbocycles. The number of hydrogen-bond donors (Lipinski definition) is 2. The van der Waals surface area contributed by atoms with Crippen molar-refractivity contribution in [2.45, 2.75) is 50.0 Å². The van der Waals surface area contributed by atoms with Gasteiger partial charge < -0.3 is 5.32 Å². The summed E-state index contributed by atoms with van der Waals surface area (Å²) in [5.74, 6) is 1.12. The highest BCUT2D eigenvalue weighted by atomic mass is 32.2. The Bertz CT molecular complexity index is 530. The summed E-state index contributed by atoms with van der Waals surface area (Å²) < 4.78 is 23.0. The van der Waals surface area contributed by atoms with E-state index in [9.17, 15) is 8.42 Å². The Kier molecular flexibility index (Phi) is 4.42. The molecule has 0 aliphatic heterocycles. The smallest absolute Gasteiger partial charge is 0.241 e. The second-order valence-electron chi connectivity index (χ2n) is 5.35. The Morgan fingerprint density at radius 1 is 1.32 bits per heavy atom. The van der Waals surface area contributed by atoms with Gasteiger partial charge in [0.25, 0.3) is 0 Å². The summed E-state index contributed by atoms with van der Waals surface area (Å²) in [6.45, 7) is 2.26. The predicted octanol–water partition coefficient (Wildman–Crippen LogP) is 2.11. The highest BCUT2D eigenvalue weighted by Gasteiger charge is 2.20. The van der Waals surface area contributed by atoms with Crippen LogP contribution in [0, 0.1) is 5.92 Å². The van der Waals surface area contributed by atoms with Crippen molar-refractivity contribution < 1.29 is 8.42 Å². The van der Waals surface area contributed by atoms with Gasteiger partial charge >= 0.3 is 0 Å². The van der Waals surface area contributed by atoms with Gasteiger partial charge in [-0.25, -0.2) is 18.5 Å². The quantitative estimate of drug-likeness (QED) is 0.832. The zero-order valence-electron chi connectivity index (χ0n) is 11.2. The van der Waals surface area contributed by atoms with Crippen LogP contribution in [0.25, 0.3) is 0 Å². The molecule has 2 unspecified atom stereocenters. The molecule has 5 nitrogen and oxygen atoms in total. The SMILES string of the molecule is CC1CCCC(Nc2ncccc2S(N)(=O)=O)CC1. The average Bonchev–Trinajstić information content (AvgIpc) is 2.54. The van der Waals surface area contributed by atoms with E-state index >= 15 is 0 Å². The third-order valence-corrected chi connectivity index (χ3v) is 4.62. The van der Waals surface area contributed by atoms with Gasteiger partial charge in [0.2, 0.25) is 10.0 Å². The second kappa shape index (κ2) is 5.88. The summed E-state index contributed by atoms with van der Waals surface area (Å²) >= 11 is 0. The molecule has 1 aromatic rings. The largest absolute Gasteiger partial charge is 0.366 e. The minimum atomic E-state index is -3.73. The summed E-state index contributed by atoms with van der Waals surface area (Å²) in [6.07, 6.45) is 7.23. The van der Waals surface area contributed by atoms with E-state index in [1.165, 1.54) is 12.5 Å².